The van der Waals surface area contributed by atoms with Crippen LogP contribution in [0.1, 0.15) is 17.0 Å². The molecule has 1 fully saturated rings. The Morgan fingerprint density at radius 2 is 1.92 bits per heavy atom. The predicted octanol–water partition coefficient (Wildman–Crippen LogP) is 1.86. The van der Waals surface area contributed by atoms with Crippen molar-refractivity contribution in [3.05, 3.63) is 51.9 Å². The Morgan fingerprint density at radius 3 is 2.62 bits per heavy atom. The molecule has 1 aromatic carbocycles. The maximum absolute atomic E-state index is 12.2. The summed E-state index contributed by atoms with van der Waals surface area (Å²) in [4.78, 5) is 21.3. The number of hydrogen-bond acceptors (Lipinski definition) is 6. The zero-order chi connectivity index (χ0) is 18.3. The summed E-state index contributed by atoms with van der Waals surface area (Å²) in [6.45, 7) is 8.69. The number of piperazine rings is 1. The Balaban J connectivity index is 1.47. The van der Waals surface area contributed by atoms with Crippen LogP contribution in [-0.4, -0.2) is 45.8 Å². The van der Waals surface area contributed by atoms with Crippen molar-refractivity contribution in [2.75, 3.05) is 31.1 Å². The van der Waals surface area contributed by atoms with E-state index >= 15 is 0 Å². The summed E-state index contributed by atoms with van der Waals surface area (Å²) in [5.74, 6) is 0.909. The third-order valence-corrected chi connectivity index (χ3v) is 5.20. The van der Waals surface area contributed by atoms with Crippen LogP contribution in [0.5, 0.6) is 0 Å². The van der Waals surface area contributed by atoms with E-state index in [4.69, 9.17) is 4.52 Å². The van der Waals surface area contributed by atoms with Gasteiger partial charge in [-0.15, -0.1) is 0 Å². The van der Waals surface area contributed by atoms with Crippen LogP contribution >= 0.6 is 0 Å². The van der Waals surface area contributed by atoms with Crippen LogP contribution in [0.3, 0.4) is 0 Å². The summed E-state index contributed by atoms with van der Waals surface area (Å²) in [5.41, 5.74) is 4.04. The zero-order valence-corrected chi connectivity index (χ0v) is 15.4. The summed E-state index contributed by atoms with van der Waals surface area (Å²) < 4.78 is 6.77. The van der Waals surface area contributed by atoms with Gasteiger partial charge in [-0.1, -0.05) is 5.16 Å². The number of rotatable bonds is 3. The van der Waals surface area contributed by atoms with Crippen LogP contribution in [-0.2, 0) is 13.6 Å². The first-order valence-corrected chi connectivity index (χ1v) is 8.87. The largest absolute Gasteiger partial charge is 0.369 e. The molecule has 136 valence electrons. The van der Waals surface area contributed by atoms with E-state index in [0.29, 0.717) is 5.39 Å². The van der Waals surface area contributed by atoms with Gasteiger partial charge in [0, 0.05) is 51.0 Å². The molecule has 7 nitrogen and oxygen atoms in total. The summed E-state index contributed by atoms with van der Waals surface area (Å²) in [6.07, 6.45) is 1.58. The predicted molar refractivity (Wildman–Crippen MR) is 100 cm³/mol. The van der Waals surface area contributed by atoms with E-state index in [-0.39, 0.29) is 5.56 Å². The Hall–Kier alpha value is -2.67. The lowest BCUT2D eigenvalue weighted by Gasteiger charge is -2.36. The maximum atomic E-state index is 12.2. The highest BCUT2D eigenvalue weighted by molar-refractivity contribution is 5.81. The van der Waals surface area contributed by atoms with Gasteiger partial charge in [-0.25, -0.2) is 4.98 Å². The van der Waals surface area contributed by atoms with Crippen LogP contribution in [0.2, 0.25) is 0 Å². The molecule has 26 heavy (non-hydrogen) atoms. The second-order valence-electron chi connectivity index (χ2n) is 6.93. The van der Waals surface area contributed by atoms with Gasteiger partial charge in [0.2, 0.25) is 0 Å². The molecule has 0 radical (unpaired) electrons. The van der Waals surface area contributed by atoms with Crippen LogP contribution in [0, 0.1) is 13.8 Å². The minimum atomic E-state index is -0.00849. The first-order valence-electron chi connectivity index (χ1n) is 8.87. The second-order valence-corrected chi connectivity index (χ2v) is 6.93. The lowest BCUT2D eigenvalue weighted by atomic mass is 10.1. The van der Waals surface area contributed by atoms with Crippen molar-refractivity contribution in [1.29, 1.82) is 0 Å². The van der Waals surface area contributed by atoms with Crippen LogP contribution < -0.4 is 10.5 Å². The summed E-state index contributed by atoms with van der Waals surface area (Å²) in [7, 11) is 1.72. The Bertz CT molecular complexity index is 979. The van der Waals surface area contributed by atoms with Crippen LogP contribution in [0.25, 0.3) is 10.9 Å². The number of benzene rings is 1. The van der Waals surface area contributed by atoms with Gasteiger partial charge in [0.05, 0.1) is 22.9 Å². The molecule has 3 heterocycles. The van der Waals surface area contributed by atoms with E-state index in [1.54, 1.807) is 13.4 Å². The fourth-order valence-electron chi connectivity index (χ4n) is 3.51. The minimum Gasteiger partial charge on any atom is -0.369 e. The summed E-state index contributed by atoms with van der Waals surface area (Å²) >= 11 is 0. The molecule has 0 spiro atoms. The molecule has 0 aliphatic carbocycles. The van der Waals surface area contributed by atoms with E-state index in [1.807, 2.05) is 32.0 Å². The monoisotopic (exact) mass is 353 g/mol. The van der Waals surface area contributed by atoms with Gasteiger partial charge in [-0.2, -0.15) is 0 Å². The van der Waals surface area contributed by atoms with Gasteiger partial charge in [-0.05, 0) is 32.0 Å². The molecule has 3 aromatic rings. The van der Waals surface area contributed by atoms with Crippen molar-refractivity contribution < 1.29 is 4.52 Å². The van der Waals surface area contributed by atoms with Gasteiger partial charge in [0.15, 0.2) is 0 Å². The molecule has 1 aliphatic rings. The van der Waals surface area contributed by atoms with E-state index in [0.717, 1.165) is 55.4 Å². The number of hydrogen-bond donors (Lipinski definition) is 0. The number of aromatic nitrogens is 3. The normalized spacial score (nSPS) is 15.7. The fraction of sp³-hybridized carbons (Fsp3) is 0.421. The van der Waals surface area contributed by atoms with Crippen molar-refractivity contribution >= 4 is 16.6 Å². The summed E-state index contributed by atoms with van der Waals surface area (Å²) in [5, 5.41) is 4.70. The third kappa shape index (κ3) is 2.99. The van der Waals surface area contributed by atoms with Gasteiger partial charge in [0.1, 0.15) is 5.76 Å². The smallest absolute Gasteiger partial charge is 0.260 e. The number of fused-ring (bicyclic) bond motifs is 1. The van der Waals surface area contributed by atoms with Crippen LogP contribution in [0.15, 0.2) is 33.8 Å². The van der Waals surface area contributed by atoms with Crippen molar-refractivity contribution in [3.63, 3.8) is 0 Å². The van der Waals surface area contributed by atoms with Crippen molar-refractivity contribution in [2.45, 2.75) is 20.4 Å². The Labute approximate surface area is 151 Å². The van der Waals surface area contributed by atoms with E-state index in [1.165, 1.54) is 10.1 Å². The zero-order valence-electron chi connectivity index (χ0n) is 15.4. The molecule has 1 saturated heterocycles. The third-order valence-electron chi connectivity index (χ3n) is 5.20. The van der Waals surface area contributed by atoms with Crippen molar-refractivity contribution in [3.8, 4) is 0 Å². The molecule has 0 unspecified atom stereocenters. The van der Waals surface area contributed by atoms with E-state index < -0.39 is 0 Å². The molecule has 2 aromatic heterocycles. The number of anilines is 1. The van der Waals surface area contributed by atoms with Gasteiger partial charge in [-0.3, -0.25) is 9.69 Å². The molecular formula is C19H23N5O2. The minimum absolute atomic E-state index is 0.00849. The Kier molecular flexibility index (Phi) is 4.24. The Morgan fingerprint density at radius 1 is 1.15 bits per heavy atom. The van der Waals surface area contributed by atoms with Crippen LogP contribution in [0.4, 0.5) is 5.69 Å². The lowest BCUT2D eigenvalue weighted by molar-refractivity contribution is 0.248. The molecule has 0 bridgehead atoms. The molecule has 0 amide bonds. The second kappa shape index (κ2) is 6.57. The van der Waals surface area contributed by atoms with Gasteiger partial charge in [0.25, 0.3) is 5.56 Å². The molecule has 0 saturated carbocycles. The number of aryl methyl sites for hydroxylation is 3. The number of nitrogens with zero attached hydrogens (tertiary/aromatic N) is 5. The standard InChI is InChI=1S/C19H23N5O2/c1-13-17(14(2)26-21-13)11-23-6-8-24(9-7-23)15-4-5-16-18(10-15)20-12-22(3)19(16)25/h4-5,10,12H,6-9,11H2,1-3H3. The average molecular weight is 353 g/mol. The quantitative estimate of drug-likeness (QED) is 0.716. The molecule has 1 aliphatic heterocycles. The SMILES string of the molecule is Cc1noc(C)c1CN1CCN(c2ccc3c(=O)n(C)cnc3c2)CC1. The highest BCUT2D eigenvalue weighted by Crippen LogP contribution is 2.22. The first kappa shape index (κ1) is 16.8. The van der Waals surface area contributed by atoms with Gasteiger partial charge < -0.3 is 14.0 Å². The highest BCUT2D eigenvalue weighted by Gasteiger charge is 2.20. The summed E-state index contributed by atoms with van der Waals surface area (Å²) in [6, 6.07) is 5.92. The average Bonchev–Trinajstić information content (AvgIpc) is 2.97. The molecule has 0 atom stereocenters. The molecule has 7 heteroatoms. The molecule has 0 N–H and O–H groups in total. The lowest BCUT2D eigenvalue weighted by Crippen LogP contribution is -2.46. The highest BCUT2D eigenvalue weighted by atomic mass is 16.5. The maximum Gasteiger partial charge on any atom is 0.260 e. The first-order chi connectivity index (χ1) is 12.5. The van der Waals surface area contributed by atoms with Gasteiger partial charge >= 0.3 is 0 Å². The van der Waals surface area contributed by atoms with Crippen molar-refractivity contribution in [2.24, 2.45) is 7.05 Å². The molecular weight excluding hydrogens is 330 g/mol. The van der Waals surface area contributed by atoms with Crippen molar-refractivity contribution in [1.82, 2.24) is 19.6 Å². The molecule has 4 rings (SSSR count). The fourth-order valence-corrected chi connectivity index (χ4v) is 3.51. The van der Waals surface area contributed by atoms with E-state index in [2.05, 4.69) is 19.9 Å². The topological polar surface area (TPSA) is 67.4 Å². The van der Waals surface area contributed by atoms with E-state index in [9.17, 15) is 4.79 Å².